The van der Waals surface area contributed by atoms with E-state index < -0.39 is 0 Å². The topological polar surface area (TPSA) is 12.4 Å². The summed E-state index contributed by atoms with van der Waals surface area (Å²) in [5, 5.41) is 0. The highest BCUT2D eigenvalue weighted by molar-refractivity contribution is 9.11. The van der Waals surface area contributed by atoms with Gasteiger partial charge in [0.05, 0.1) is 4.61 Å². The quantitative estimate of drug-likeness (QED) is 0.433. The van der Waals surface area contributed by atoms with Crippen molar-refractivity contribution in [1.82, 2.24) is 0 Å². The Balaban J connectivity index is 3.46. The average Bonchev–Trinajstić information content (AvgIpc) is 1.61. The molecule has 0 heterocycles. The van der Waals surface area contributed by atoms with Crippen molar-refractivity contribution in [1.29, 1.82) is 0 Å². The molecule has 0 aliphatic carbocycles. The minimum atomic E-state index is 0.618. The van der Waals surface area contributed by atoms with Gasteiger partial charge in [0.25, 0.3) is 0 Å². The smallest absolute Gasteiger partial charge is 0.0984 e. The van der Waals surface area contributed by atoms with Gasteiger partial charge in [-0.3, -0.25) is 4.99 Å². The Hall–Kier alpha value is -0.370. The van der Waals surface area contributed by atoms with Gasteiger partial charge in [0, 0.05) is 6.21 Å². The number of nitrogens with zero attached hydrogens (tertiary/aromatic N) is 1. The molecule has 0 saturated heterocycles. The van der Waals surface area contributed by atoms with E-state index >= 15 is 0 Å². The highest BCUT2D eigenvalue weighted by atomic mass is 79.9. The lowest BCUT2D eigenvalue weighted by Crippen LogP contribution is -1.58. The van der Waals surface area contributed by atoms with Gasteiger partial charge in [-0.25, -0.2) is 0 Å². The van der Waals surface area contributed by atoms with E-state index in [0.717, 1.165) is 0 Å². The lowest BCUT2D eigenvalue weighted by molar-refractivity contribution is 1.59. The molecule has 0 bridgehead atoms. The Bertz CT molecular complexity index is 105. The fourth-order valence-corrected chi connectivity index (χ4v) is 0.252. The molecule has 0 radical (unpaired) electrons. The summed E-state index contributed by atoms with van der Waals surface area (Å²) in [4.78, 5) is 3.72. The van der Waals surface area contributed by atoms with Crippen LogP contribution in [0.15, 0.2) is 28.8 Å². The zero-order chi connectivity index (χ0) is 5.70. The molecule has 0 aromatic heterocycles. The van der Waals surface area contributed by atoms with Crippen molar-refractivity contribution >= 4 is 22.1 Å². The fraction of sp³-hybridized carbons (Fsp3) is 0. The van der Waals surface area contributed by atoms with Crippen LogP contribution in [0.3, 0.4) is 0 Å². The molecular weight excluding hydrogens is 154 g/mol. The van der Waals surface area contributed by atoms with Crippen molar-refractivity contribution in [2.45, 2.75) is 0 Å². The maximum Gasteiger partial charge on any atom is 0.0984 e. The summed E-state index contributed by atoms with van der Waals surface area (Å²) in [5.41, 5.74) is 0. The molecule has 0 aliphatic heterocycles. The molecule has 0 N–H and O–H groups in total. The predicted octanol–water partition coefficient (Wildman–Crippen LogP) is 2.11. The summed E-state index contributed by atoms with van der Waals surface area (Å²) in [6.45, 7) is 6.88. The number of aliphatic imine (C=N–C) groups is 1. The standard InChI is InChI=1S/C5H6BrN/c1-3-4-7-5(2)6/h3-4H,1-2H2/b7-4-. The average molecular weight is 160 g/mol. The highest BCUT2D eigenvalue weighted by Gasteiger charge is 1.68. The van der Waals surface area contributed by atoms with Gasteiger partial charge in [0.1, 0.15) is 0 Å². The molecule has 0 rings (SSSR count). The molecule has 1 nitrogen and oxygen atoms in total. The van der Waals surface area contributed by atoms with Crippen LogP contribution >= 0.6 is 15.9 Å². The van der Waals surface area contributed by atoms with Crippen molar-refractivity contribution in [3.05, 3.63) is 23.8 Å². The normalized spacial score (nSPS) is 9.29. The molecule has 0 atom stereocenters. The van der Waals surface area contributed by atoms with Crippen LogP contribution in [-0.2, 0) is 0 Å². The molecular formula is C5H6BrN. The van der Waals surface area contributed by atoms with Gasteiger partial charge in [0.2, 0.25) is 0 Å². The van der Waals surface area contributed by atoms with Crippen LogP contribution in [0, 0.1) is 0 Å². The number of rotatable bonds is 2. The zero-order valence-electron chi connectivity index (χ0n) is 3.89. The molecule has 0 spiro atoms. The van der Waals surface area contributed by atoms with Crippen molar-refractivity contribution < 1.29 is 0 Å². The minimum absolute atomic E-state index is 0.618. The van der Waals surface area contributed by atoms with Gasteiger partial charge in [-0.15, -0.1) is 0 Å². The van der Waals surface area contributed by atoms with Crippen molar-refractivity contribution in [2.75, 3.05) is 0 Å². The third kappa shape index (κ3) is 5.63. The van der Waals surface area contributed by atoms with Gasteiger partial charge in [-0.2, -0.15) is 0 Å². The summed E-state index contributed by atoms with van der Waals surface area (Å²) in [5.74, 6) is 0. The van der Waals surface area contributed by atoms with E-state index in [0.29, 0.717) is 4.61 Å². The highest BCUT2D eigenvalue weighted by Crippen LogP contribution is 1.98. The third-order valence-corrected chi connectivity index (χ3v) is 0.525. The van der Waals surface area contributed by atoms with E-state index in [4.69, 9.17) is 0 Å². The van der Waals surface area contributed by atoms with E-state index in [1.54, 1.807) is 12.3 Å². The van der Waals surface area contributed by atoms with Crippen LogP contribution in [0.5, 0.6) is 0 Å². The summed E-state index contributed by atoms with van der Waals surface area (Å²) in [7, 11) is 0. The third-order valence-electron chi connectivity index (χ3n) is 0.320. The number of allylic oxidation sites excluding steroid dienone is 1. The minimum Gasteiger partial charge on any atom is -0.250 e. The van der Waals surface area contributed by atoms with Crippen LogP contribution in [0.2, 0.25) is 0 Å². The van der Waals surface area contributed by atoms with E-state index in [2.05, 4.69) is 34.1 Å². The lowest BCUT2D eigenvalue weighted by Gasteiger charge is -1.75. The van der Waals surface area contributed by atoms with Crippen LogP contribution in [-0.4, -0.2) is 6.21 Å². The van der Waals surface area contributed by atoms with Crippen molar-refractivity contribution in [3.8, 4) is 0 Å². The van der Waals surface area contributed by atoms with Crippen molar-refractivity contribution in [3.63, 3.8) is 0 Å². The second kappa shape index (κ2) is 3.81. The molecule has 0 aromatic rings. The van der Waals surface area contributed by atoms with Gasteiger partial charge in [-0.1, -0.05) is 19.2 Å². The molecule has 0 aliphatic rings. The van der Waals surface area contributed by atoms with E-state index in [1.165, 1.54) is 0 Å². The van der Waals surface area contributed by atoms with Crippen molar-refractivity contribution in [2.24, 2.45) is 4.99 Å². The first-order valence-electron chi connectivity index (χ1n) is 1.77. The van der Waals surface area contributed by atoms with Crippen LogP contribution < -0.4 is 0 Å². The monoisotopic (exact) mass is 159 g/mol. The van der Waals surface area contributed by atoms with Gasteiger partial charge < -0.3 is 0 Å². The number of halogens is 1. The molecule has 0 amide bonds. The first-order valence-corrected chi connectivity index (χ1v) is 2.56. The maximum atomic E-state index is 3.72. The maximum absolute atomic E-state index is 3.72. The fourth-order valence-electron chi connectivity index (χ4n) is 0.134. The Morgan fingerprint density at radius 3 is 2.43 bits per heavy atom. The molecule has 0 unspecified atom stereocenters. The summed E-state index contributed by atoms with van der Waals surface area (Å²) < 4.78 is 0.618. The first kappa shape index (κ1) is 6.63. The summed E-state index contributed by atoms with van der Waals surface area (Å²) in [6.07, 6.45) is 3.16. The van der Waals surface area contributed by atoms with Crippen LogP contribution in [0.4, 0.5) is 0 Å². The molecule has 0 aromatic carbocycles. The number of hydrogen-bond donors (Lipinski definition) is 0. The van der Waals surface area contributed by atoms with E-state index in [1.807, 2.05) is 0 Å². The Morgan fingerprint density at radius 1 is 1.71 bits per heavy atom. The predicted molar refractivity (Wildman–Crippen MR) is 36.8 cm³/mol. The lowest BCUT2D eigenvalue weighted by atomic mass is 10.7. The van der Waals surface area contributed by atoms with Crippen LogP contribution in [0.25, 0.3) is 0 Å². The Morgan fingerprint density at radius 2 is 2.29 bits per heavy atom. The molecule has 38 valence electrons. The van der Waals surface area contributed by atoms with Gasteiger partial charge in [-0.05, 0) is 15.9 Å². The van der Waals surface area contributed by atoms with Gasteiger partial charge in [0.15, 0.2) is 0 Å². The summed E-state index contributed by atoms with van der Waals surface area (Å²) in [6, 6.07) is 0. The molecule has 0 saturated carbocycles. The van der Waals surface area contributed by atoms with Gasteiger partial charge >= 0.3 is 0 Å². The van der Waals surface area contributed by atoms with E-state index in [-0.39, 0.29) is 0 Å². The second-order valence-corrected chi connectivity index (χ2v) is 1.81. The first-order chi connectivity index (χ1) is 3.27. The molecule has 0 fully saturated rings. The molecule has 7 heavy (non-hydrogen) atoms. The Labute approximate surface area is 51.6 Å². The summed E-state index contributed by atoms with van der Waals surface area (Å²) >= 11 is 3.04. The zero-order valence-corrected chi connectivity index (χ0v) is 5.48. The number of hydrogen-bond acceptors (Lipinski definition) is 1. The van der Waals surface area contributed by atoms with Crippen LogP contribution in [0.1, 0.15) is 0 Å². The Kier molecular flexibility index (Phi) is 3.61. The largest absolute Gasteiger partial charge is 0.250 e. The SMILES string of the molecule is C=C/C=N\C(=C)Br. The molecule has 2 heteroatoms. The van der Waals surface area contributed by atoms with E-state index in [9.17, 15) is 0 Å². The second-order valence-electron chi connectivity index (χ2n) is 0.890.